The molecule has 1 aromatic heterocycles. The van der Waals surface area contributed by atoms with E-state index in [2.05, 4.69) is 29.1 Å². The van der Waals surface area contributed by atoms with Crippen molar-refractivity contribution in [2.24, 2.45) is 32.9 Å². The number of aromatic nitrogens is 2. The molecule has 1 amide bonds. The number of rotatable bonds is 6. The van der Waals surface area contributed by atoms with E-state index in [1.54, 1.807) is 23.3 Å². The predicted octanol–water partition coefficient (Wildman–Crippen LogP) is 4.94. The van der Waals surface area contributed by atoms with Gasteiger partial charge in [0.05, 0.1) is 23.6 Å². The minimum absolute atomic E-state index is 0.0442. The number of imidazole rings is 1. The summed E-state index contributed by atoms with van der Waals surface area (Å²) in [5.74, 6) is -0.849. The van der Waals surface area contributed by atoms with E-state index in [1.807, 2.05) is 17.9 Å². The van der Waals surface area contributed by atoms with Crippen molar-refractivity contribution in [3.05, 3.63) is 60.2 Å². The number of carbonyl (C=O) groups is 1. The molecule has 2 bridgehead atoms. The van der Waals surface area contributed by atoms with Gasteiger partial charge < -0.3 is 9.47 Å². The van der Waals surface area contributed by atoms with Gasteiger partial charge in [0.2, 0.25) is 5.91 Å². The van der Waals surface area contributed by atoms with Crippen LogP contribution in [0, 0.1) is 34.3 Å². The molecule has 1 aromatic carbocycles. The smallest absolute Gasteiger partial charge is 0.242 e. The number of hydrogen-bond acceptors (Lipinski definition) is 4. The van der Waals surface area contributed by atoms with Crippen LogP contribution < -0.4 is 0 Å². The number of benzene rings is 1. The number of fused-ring (bicyclic) bond motifs is 5. The first-order valence-electron chi connectivity index (χ1n) is 11.6. The lowest BCUT2D eigenvalue weighted by atomic mass is 9.67. The predicted molar refractivity (Wildman–Crippen MR) is 120 cm³/mol. The first kappa shape index (κ1) is 21.9. The van der Waals surface area contributed by atoms with Crippen LogP contribution in [-0.2, 0) is 11.3 Å². The number of hydrogen-bond donors (Lipinski definition) is 0. The van der Waals surface area contributed by atoms with Crippen molar-refractivity contribution < 1.29 is 13.6 Å². The van der Waals surface area contributed by atoms with Gasteiger partial charge in [0.25, 0.3) is 0 Å². The van der Waals surface area contributed by atoms with Crippen LogP contribution >= 0.6 is 0 Å². The molecule has 0 N–H and O–H groups in total. The molecular formula is C25H29F2N5O. The van der Waals surface area contributed by atoms with Crippen molar-refractivity contribution in [3.63, 3.8) is 0 Å². The molecule has 0 saturated heterocycles. The number of halogens is 2. The second-order valence-electron chi connectivity index (χ2n) is 10.1. The van der Waals surface area contributed by atoms with E-state index in [1.165, 1.54) is 18.2 Å². The molecule has 8 heteroatoms. The summed E-state index contributed by atoms with van der Waals surface area (Å²) in [5, 5.41) is 9.00. The van der Waals surface area contributed by atoms with E-state index in [0.29, 0.717) is 19.0 Å². The average Bonchev–Trinajstić information content (AvgIpc) is 3.42. The van der Waals surface area contributed by atoms with E-state index in [0.717, 1.165) is 12.8 Å². The highest BCUT2D eigenvalue weighted by Gasteiger charge is 2.69. The Morgan fingerprint density at radius 2 is 2.03 bits per heavy atom. The molecular weight excluding hydrogens is 424 g/mol. The quantitative estimate of drug-likeness (QED) is 0.622. The lowest BCUT2D eigenvalue weighted by molar-refractivity contribution is -0.134. The molecule has 5 rings (SSSR count). The van der Waals surface area contributed by atoms with Crippen LogP contribution in [0.25, 0.3) is 5.70 Å². The van der Waals surface area contributed by atoms with Gasteiger partial charge in [0.1, 0.15) is 18.2 Å². The Morgan fingerprint density at radius 1 is 1.27 bits per heavy atom. The van der Waals surface area contributed by atoms with Gasteiger partial charge in [-0.2, -0.15) is 10.2 Å². The fourth-order valence-electron chi connectivity index (χ4n) is 6.60. The second-order valence-corrected chi connectivity index (χ2v) is 10.1. The Balaban J connectivity index is 1.45. The third kappa shape index (κ3) is 3.25. The van der Waals surface area contributed by atoms with Gasteiger partial charge in [-0.25, -0.2) is 13.8 Å². The highest BCUT2D eigenvalue weighted by Crippen LogP contribution is 2.70. The molecule has 2 heterocycles. The summed E-state index contributed by atoms with van der Waals surface area (Å²) in [5.41, 5.74) is -0.166. The summed E-state index contributed by atoms with van der Waals surface area (Å²) < 4.78 is 30.6. The van der Waals surface area contributed by atoms with E-state index in [-0.39, 0.29) is 46.5 Å². The summed E-state index contributed by atoms with van der Waals surface area (Å²) in [6, 6.07) is 3.74. The monoisotopic (exact) mass is 453 g/mol. The number of azo groups is 1. The second kappa shape index (κ2) is 7.85. The first-order chi connectivity index (χ1) is 15.8. The highest BCUT2D eigenvalue weighted by atomic mass is 19.1. The fraction of sp³-hybridized carbons (Fsp3) is 0.520. The molecule has 174 valence electrons. The van der Waals surface area contributed by atoms with Crippen molar-refractivity contribution in [2.75, 3.05) is 13.1 Å². The SMILES string of the molecule is CCN(C[C@@]12CC[C@@H](C3C=C(c4c(F)cccc4F)N=NC31)C2(C)C)C(=O)Cn1ccnc1. The number of amides is 1. The summed E-state index contributed by atoms with van der Waals surface area (Å²) >= 11 is 0. The lowest BCUT2D eigenvalue weighted by Gasteiger charge is -2.44. The zero-order valence-corrected chi connectivity index (χ0v) is 19.2. The molecule has 2 unspecified atom stereocenters. The molecule has 0 spiro atoms. The number of nitrogens with zero attached hydrogens (tertiary/aromatic N) is 5. The van der Waals surface area contributed by atoms with Crippen LogP contribution in [-0.4, -0.2) is 39.5 Å². The van der Waals surface area contributed by atoms with Crippen molar-refractivity contribution in [2.45, 2.75) is 46.2 Å². The molecule has 2 saturated carbocycles. The van der Waals surface area contributed by atoms with Crippen LogP contribution in [0.15, 0.2) is 53.2 Å². The first-order valence-corrected chi connectivity index (χ1v) is 11.6. The molecule has 0 radical (unpaired) electrons. The van der Waals surface area contributed by atoms with E-state index in [4.69, 9.17) is 0 Å². The van der Waals surface area contributed by atoms with Gasteiger partial charge in [0, 0.05) is 36.8 Å². The van der Waals surface area contributed by atoms with E-state index >= 15 is 0 Å². The maximum absolute atomic E-state index is 14.4. The normalized spacial score (nSPS) is 29.1. The van der Waals surface area contributed by atoms with Crippen LogP contribution in [0.3, 0.4) is 0 Å². The zero-order valence-electron chi connectivity index (χ0n) is 19.2. The molecule has 2 fully saturated rings. The minimum atomic E-state index is -0.627. The third-order valence-electron chi connectivity index (χ3n) is 8.45. The lowest BCUT2D eigenvalue weighted by Crippen LogP contribution is -2.50. The Hall–Kier alpha value is -2.90. The maximum atomic E-state index is 14.4. The Labute approximate surface area is 192 Å². The van der Waals surface area contributed by atoms with E-state index in [9.17, 15) is 13.6 Å². The average molecular weight is 454 g/mol. The molecule has 33 heavy (non-hydrogen) atoms. The molecule has 3 aliphatic rings. The minimum Gasteiger partial charge on any atom is -0.341 e. The summed E-state index contributed by atoms with van der Waals surface area (Å²) in [6.45, 7) is 7.95. The van der Waals surface area contributed by atoms with Gasteiger partial charge in [-0.3, -0.25) is 4.79 Å². The van der Waals surface area contributed by atoms with Crippen molar-refractivity contribution >= 4 is 11.6 Å². The summed E-state index contributed by atoms with van der Waals surface area (Å²) in [4.78, 5) is 19.1. The molecule has 2 aliphatic carbocycles. The molecule has 1 aliphatic heterocycles. The van der Waals surface area contributed by atoms with Crippen molar-refractivity contribution in [3.8, 4) is 0 Å². The highest BCUT2D eigenvalue weighted by molar-refractivity contribution is 5.76. The molecule has 4 atom stereocenters. The Morgan fingerprint density at radius 3 is 2.70 bits per heavy atom. The summed E-state index contributed by atoms with van der Waals surface area (Å²) in [7, 11) is 0. The zero-order chi connectivity index (χ0) is 23.4. The fourth-order valence-corrected chi connectivity index (χ4v) is 6.60. The van der Waals surface area contributed by atoms with Crippen molar-refractivity contribution in [1.82, 2.24) is 14.5 Å². The summed E-state index contributed by atoms with van der Waals surface area (Å²) in [6.07, 6.45) is 8.98. The van der Waals surface area contributed by atoms with Crippen LogP contribution in [0.5, 0.6) is 0 Å². The van der Waals surface area contributed by atoms with Crippen LogP contribution in [0.4, 0.5) is 8.78 Å². The van der Waals surface area contributed by atoms with Gasteiger partial charge in [-0.05, 0) is 43.2 Å². The van der Waals surface area contributed by atoms with Gasteiger partial charge in [-0.15, -0.1) is 0 Å². The number of carbonyl (C=O) groups excluding carboxylic acids is 1. The van der Waals surface area contributed by atoms with Crippen molar-refractivity contribution in [1.29, 1.82) is 0 Å². The molecule has 6 nitrogen and oxygen atoms in total. The Bertz CT molecular complexity index is 1110. The third-order valence-corrected chi connectivity index (χ3v) is 8.45. The molecule has 2 aromatic rings. The largest absolute Gasteiger partial charge is 0.341 e. The van der Waals surface area contributed by atoms with Gasteiger partial charge >= 0.3 is 0 Å². The van der Waals surface area contributed by atoms with E-state index < -0.39 is 11.6 Å². The maximum Gasteiger partial charge on any atom is 0.242 e. The van der Waals surface area contributed by atoms with Gasteiger partial charge in [-0.1, -0.05) is 26.0 Å². The van der Waals surface area contributed by atoms with Gasteiger partial charge in [0.15, 0.2) is 0 Å². The standard InChI is InChI=1S/C25H29F2N5O/c1-4-32(21(33)13-31-11-10-28-15-31)14-25-9-8-17(24(25,2)3)16-12-20(29-30-23(16)25)22-18(26)6-5-7-19(22)27/h5-7,10-12,15-17,23H,4,8-9,13-14H2,1-3H3/t16?,17-,23?,25-/m0/s1. The Kier molecular flexibility index (Phi) is 5.21. The van der Waals surface area contributed by atoms with Crippen LogP contribution in [0.2, 0.25) is 0 Å². The number of likely N-dealkylation sites (N-methyl/N-ethyl adjacent to an activating group) is 1. The topological polar surface area (TPSA) is 62.9 Å². The van der Waals surface area contributed by atoms with Crippen LogP contribution in [0.1, 0.15) is 39.2 Å².